The molecule has 3 aromatic rings. The van der Waals surface area contributed by atoms with Crippen molar-refractivity contribution in [3.8, 4) is 5.88 Å². The molecule has 2 aromatic heterocycles. The molecular weight excluding hydrogens is 248 g/mol. The van der Waals surface area contributed by atoms with Crippen molar-refractivity contribution in [2.45, 2.75) is 0 Å². The molecule has 3 rings (SSSR count). The number of aromatic carboxylic acids is 1. The normalized spacial score (nSPS) is 10.7. The van der Waals surface area contributed by atoms with E-state index < -0.39 is 5.97 Å². The summed E-state index contributed by atoms with van der Waals surface area (Å²) < 4.78 is 7.11. The molecule has 0 fully saturated rings. The van der Waals surface area contributed by atoms with Crippen LogP contribution in [0.4, 0.5) is 0 Å². The van der Waals surface area contributed by atoms with Gasteiger partial charge in [0, 0.05) is 18.5 Å². The summed E-state index contributed by atoms with van der Waals surface area (Å²) in [6.45, 7) is 0. The highest BCUT2D eigenvalue weighted by atomic mass is 16.4. The SMILES string of the molecule is O=C(O)c1ccc2oc(-n3ccnc3)cc(=O)c2c1. The quantitative estimate of drug-likeness (QED) is 0.753. The maximum absolute atomic E-state index is 12.0. The van der Waals surface area contributed by atoms with Gasteiger partial charge in [-0.25, -0.2) is 9.78 Å². The van der Waals surface area contributed by atoms with Crippen molar-refractivity contribution in [1.82, 2.24) is 9.55 Å². The summed E-state index contributed by atoms with van der Waals surface area (Å²) in [6.07, 6.45) is 4.73. The van der Waals surface area contributed by atoms with Crippen LogP contribution >= 0.6 is 0 Å². The largest absolute Gasteiger partial charge is 0.478 e. The molecule has 6 nitrogen and oxygen atoms in total. The Balaban J connectivity index is 2.26. The minimum atomic E-state index is -1.08. The zero-order valence-electron chi connectivity index (χ0n) is 9.61. The lowest BCUT2D eigenvalue weighted by atomic mass is 10.1. The van der Waals surface area contributed by atoms with Crippen LogP contribution in [0.15, 0.2) is 52.2 Å². The maximum Gasteiger partial charge on any atom is 0.335 e. The molecule has 6 heteroatoms. The Morgan fingerprint density at radius 2 is 2.16 bits per heavy atom. The fraction of sp³-hybridized carbons (Fsp3) is 0. The predicted molar refractivity (Wildman–Crippen MR) is 66.6 cm³/mol. The molecule has 0 aliphatic carbocycles. The van der Waals surface area contributed by atoms with Crippen LogP contribution in [0.1, 0.15) is 10.4 Å². The molecule has 0 aliphatic heterocycles. The molecule has 2 heterocycles. The smallest absolute Gasteiger partial charge is 0.335 e. The lowest BCUT2D eigenvalue weighted by molar-refractivity contribution is 0.0697. The topological polar surface area (TPSA) is 85.3 Å². The minimum absolute atomic E-state index is 0.0511. The second-order valence-electron chi connectivity index (χ2n) is 3.93. The van der Waals surface area contributed by atoms with Gasteiger partial charge in [0.2, 0.25) is 5.88 Å². The van der Waals surface area contributed by atoms with Gasteiger partial charge < -0.3 is 9.52 Å². The number of hydrogen-bond acceptors (Lipinski definition) is 4. The predicted octanol–water partition coefficient (Wildman–Crippen LogP) is 1.68. The number of imidazole rings is 1. The summed E-state index contributed by atoms with van der Waals surface area (Å²) in [5, 5.41) is 9.13. The lowest BCUT2D eigenvalue weighted by Gasteiger charge is -2.03. The Hall–Kier alpha value is -2.89. The van der Waals surface area contributed by atoms with Gasteiger partial charge in [-0.3, -0.25) is 9.36 Å². The van der Waals surface area contributed by atoms with E-state index in [0.717, 1.165) is 0 Å². The van der Waals surface area contributed by atoms with Crippen LogP contribution in [0.2, 0.25) is 0 Å². The highest BCUT2D eigenvalue weighted by Gasteiger charge is 2.09. The summed E-state index contributed by atoms with van der Waals surface area (Å²) in [5.41, 5.74) is 0.0874. The molecule has 0 saturated heterocycles. The van der Waals surface area contributed by atoms with Crippen LogP contribution in [0, 0.1) is 0 Å². The zero-order chi connectivity index (χ0) is 13.4. The third-order valence-electron chi connectivity index (χ3n) is 2.72. The number of hydrogen-bond donors (Lipinski definition) is 1. The Bertz CT molecular complexity index is 818. The van der Waals surface area contributed by atoms with E-state index >= 15 is 0 Å². The number of aromatic nitrogens is 2. The number of carboxylic acids is 1. The Morgan fingerprint density at radius 3 is 2.84 bits per heavy atom. The van der Waals surface area contributed by atoms with E-state index in [2.05, 4.69) is 4.98 Å². The molecule has 1 N–H and O–H groups in total. The Labute approximate surface area is 106 Å². The molecule has 0 unspecified atom stereocenters. The van der Waals surface area contributed by atoms with Gasteiger partial charge in [0.25, 0.3) is 0 Å². The van der Waals surface area contributed by atoms with Gasteiger partial charge in [-0.15, -0.1) is 0 Å². The van der Waals surface area contributed by atoms with E-state index in [-0.39, 0.29) is 16.4 Å². The highest BCUT2D eigenvalue weighted by molar-refractivity contribution is 5.92. The van der Waals surface area contributed by atoms with Crippen molar-refractivity contribution in [2.24, 2.45) is 0 Å². The van der Waals surface area contributed by atoms with E-state index in [1.807, 2.05) is 0 Å². The summed E-state index contributed by atoms with van der Waals surface area (Å²) in [6, 6.07) is 5.47. The first-order valence-electron chi connectivity index (χ1n) is 5.45. The number of carboxylic acid groups (broad SMARTS) is 1. The first kappa shape index (κ1) is 11.2. The van der Waals surface area contributed by atoms with E-state index in [9.17, 15) is 9.59 Å². The molecule has 0 atom stereocenters. The van der Waals surface area contributed by atoms with E-state index in [1.54, 1.807) is 17.0 Å². The van der Waals surface area contributed by atoms with Gasteiger partial charge >= 0.3 is 5.97 Å². The molecule has 0 radical (unpaired) electrons. The summed E-state index contributed by atoms with van der Waals surface area (Å²) >= 11 is 0. The third-order valence-corrected chi connectivity index (χ3v) is 2.72. The Kier molecular flexibility index (Phi) is 2.42. The maximum atomic E-state index is 12.0. The van der Waals surface area contributed by atoms with E-state index in [4.69, 9.17) is 9.52 Å². The number of nitrogens with zero attached hydrogens (tertiary/aromatic N) is 2. The van der Waals surface area contributed by atoms with Crippen LogP contribution in [-0.2, 0) is 0 Å². The van der Waals surface area contributed by atoms with Crippen LogP contribution in [0.5, 0.6) is 0 Å². The number of fused-ring (bicyclic) bond motifs is 1. The Morgan fingerprint density at radius 1 is 1.32 bits per heavy atom. The van der Waals surface area contributed by atoms with Crippen molar-refractivity contribution in [1.29, 1.82) is 0 Å². The summed E-state index contributed by atoms with van der Waals surface area (Å²) in [5.74, 6) is -0.752. The highest BCUT2D eigenvalue weighted by Crippen LogP contribution is 2.16. The van der Waals surface area contributed by atoms with Gasteiger partial charge in [0.05, 0.1) is 10.9 Å². The summed E-state index contributed by atoms with van der Waals surface area (Å²) in [7, 11) is 0. The lowest BCUT2D eigenvalue weighted by Crippen LogP contribution is -2.05. The molecule has 94 valence electrons. The first-order valence-corrected chi connectivity index (χ1v) is 5.45. The van der Waals surface area contributed by atoms with Gasteiger partial charge in [0.1, 0.15) is 11.9 Å². The van der Waals surface area contributed by atoms with Crippen molar-refractivity contribution in [2.75, 3.05) is 0 Å². The molecule has 0 aliphatic rings. The van der Waals surface area contributed by atoms with Crippen LogP contribution in [0.3, 0.4) is 0 Å². The monoisotopic (exact) mass is 256 g/mol. The van der Waals surface area contributed by atoms with Crippen LogP contribution in [0.25, 0.3) is 16.9 Å². The molecule has 0 saturated carbocycles. The van der Waals surface area contributed by atoms with Crippen molar-refractivity contribution in [3.63, 3.8) is 0 Å². The molecule has 0 amide bonds. The van der Waals surface area contributed by atoms with Gasteiger partial charge in [-0.2, -0.15) is 0 Å². The average molecular weight is 256 g/mol. The minimum Gasteiger partial charge on any atom is -0.478 e. The summed E-state index contributed by atoms with van der Waals surface area (Å²) in [4.78, 5) is 26.7. The van der Waals surface area contributed by atoms with Gasteiger partial charge in [0.15, 0.2) is 5.43 Å². The molecule has 0 spiro atoms. The molecule has 1 aromatic carbocycles. The second-order valence-corrected chi connectivity index (χ2v) is 3.93. The van der Waals surface area contributed by atoms with Crippen molar-refractivity contribution < 1.29 is 14.3 Å². The number of rotatable bonds is 2. The number of carbonyl (C=O) groups is 1. The van der Waals surface area contributed by atoms with Gasteiger partial charge in [-0.05, 0) is 18.2 Å². The van der Waals surface area contributed by atoms with Crippen LogP contribution in [-0.4, -0.2) is 20.6 Å². The third kappa shape index (κ3) is 1.89. The number of benzene rings is 1. The molecule has 0 bridgehead atoms. The van der Waals surface area contributed by atoms with E-state index in [0.29, 0.717) is 11.5 Å². The zero-order valence-corrected chi connectivity index (χ0v) is 9.61. The first-order chi connectivity index (χ1) is 9.15. The standard InChI is InChI=1S/C13H8N2O4/c16-10-6-12(15-4-3-14-7-15)19-11-2-1-8(13(17)18)5-9(10)11/h1-7H,(H,17,18). The van der Waals surface area contributed by atoms with E-state index in [1.165, 1.54) is 30.6 Å². The molecular formula is C13H8N2O4. The average Bonchev–Trinajstić information content (AvgIpc) is 2.92. The fourth-order valence-corrected chi connectivity index (χ4v) is 1.79. The molecule has 19 heavy (non-hydrogen) atoms. The van der Waals surface area contributed by atoms with Crippen molar-refractivity contribution in [3.05, 3.63) is 58.8 Å². The fourth-order valence-electron chi connectivity index (χ4n) is 1.79. The van der Waals surface area contributed by atoms with Crippen LogP contribution < -0.4 is 5.43 Å². The second kappa shape index (κ2) is 4.09. The van der Waals surface area contributed by atoms with Crippen molar-refractivity contribution >= 4 is 16.9 Å². The van der Waals surface area contributed by atoms with Gasteiger partial charge in [-0.1, -0.05) is 0 Å².